The van der Waals surface area contributed by atoms with E-state index in [1.165, 1.54) is 11.1 Å². The van der Waals surface area contributed by atoms with E-state index in [1.54, 1.807) is 24.0 Å². The zero-order valence-corrected chi connectivity index (χ0v) is 24.0. The fourth-order valence-corrected chi connectivity index (χ4v) is 6.03. The van der Waals surface area contributed by atoms with Gasteiger partial charge in [0.2, 0.25) is 6.54 Å². The Bertz CT molecular complexity index is 1770. The number of carbonyl (C=O) groups excluding carboxylic acids is 1. The van der Waals surface area contributed by atoms with Crippen LogP contribution in [0.5, 0.6) is 6.01 Å². The van der Waals surface area contributed by atoms with Gasteiger partial charge in [-0.3, -0.25) is 14.5 Å². The summed E-state index contributed by atoms with van der Waals surface area (Å²) in [7, 11) is 3.83. The summed E-state index contributed by atoms with van der Waals surface area (Å²) >= 11 is 0. The summed E-state index contributed by atoms with van der Waals surface area (Å²) in [6.07, 6.45) is 5.29. The summed E-state index contributed by atoms with van der Waals surface area (Å²) in [6, 6.07) is 5.11. The van der Waals surface area contributed by atoms with Crippen LogP contribution in [0.1, 0.15) is 12.8 Å². The van der Waals surface area contributed by atoms with Gasteiger partial charge < -0.3 is 24.3 Å². The average molecular weight is 588 g/mol. The first-order valence-corrected chi connectivity index (χ1v) is 14.1. The normalized spacial score (nSPS) is 19.2. The molecule has 0 bridgehead atoms. The van der Waals surface area contributed by atoms with Crippen LogP contribution in [0.15, 0.2) is 43.0 Å². The molecule has 11 nitrogen and oxygen atoms in total. The number of aryl methyl sites for hydroxylation is 1. The molecule has 2 atom stereocenters. The molecule has 43 heavy (non-hydrogen) atoms. The van der Waals surface area contributed by atoms with E-state index in [1.807, 2.05) is 24.1 Å². The third-order valence-electron chi connectivity index (χ3n) is 8.31. The first-order valence-electron chi connectivity index (χ1n) is 14.1. The first kappa shape index (κ1) is 28.4. The van der Waals surface area contributed by atoms with Crippen LogP contribution < -0.4 is 9.64 Å². The van der Waals surface area contributed by atoms with Gasteiger partial charge in [0.05, 0.1) is 17.1 Å². The summed E-state index contributed by atoms with van der Waals surface area (Å²) in [5.41, 5.74) is 1.47. The molecule has 3 aromatic heterocycles. The van der Waals surface area contributed by atoms with E-state index in [2.05, 4.69) is 31.4 Å². The number of likely N-dealkylation sites (tertiary alicyclic amines) is 1. The fourth-order valence-electron chi connectivity index (χ4n) is 6.03. The van der Waals surface area contributed by atoms with Crippen molar-refractivity contribution < 1.29 is 18.3 Å². The minimum atomic E-state index is -1.08. The summed E-state index contributed by atoms with van der Waals surface area (Å²) in [5, 5.41) is 5.53. The molecule has 2 aliphatic rings. The van der Waals surface area contributed by atoms with Crippen LogP contribution in [0.2, 0.25) is 0 Å². The van der Waals surface area contributed by atoms with Gasteiger partial charge in [-0.1, -0.05) is 24.8 Å². The van der Waals surface area contributed by atoms with Crippen LogP contribution in [0.25, 0.3) is 37.9 Å². The quantitative estimate of drug-likeness (QED) is 0.239. The van der Waals surface area contributed by atoms with Gasteiger partial charge in [-0.15, -0.1) is 0 Å². The Kier molecular flexibility index (Phi) is 7.62. The lowest BCUT2D eigenvalue weighted by Gasteiger charge is -2.39. The topological polar surface area (TPSA) is 96.9 Å². The molecule has 4 aromatic rings. The Morgan fingerprint density at radius 2 is 2.02 bits per heavy atom. The average Bonchev–Trinajstić information content (AvgIpc) is 3.60. The lowest BCUT2D eigenvalue weighted by molar-refractivity contribution is -0.131. The minimum absolute atomic E-state index is 0.0231. The molecule has 222 valence electrons. The third kappa shape index (κ3) is 5.23. The molecular weight excluding hydrogens is 556 g/mol. The maximum Gasteiger partial charge on any atom is 0.319 e. The zero-order chi connectivity index (χ0) is 30.2. The molecule has 0 saturated carbocycles. The molecule has 13 heteroatoms. The van der Waals surface area contributed by atoms with E-state index in [0.717, 1.165) is 30.3 Å². The van der Waals surface area contributed by atoms with Crippen LogP contribution >= 0.6 is 0 Å². The molecule has 0 spiro atoms. The number of benzene rings is 1. The van der Waals surface area contributed by atoms with Crippen molar-refractivity contribution in [3.8, 4) is 17.3 Å². The van der Waals surface area contributed by atoms with Crippen molar-refractivity contribution in [1.82, 2.24) is 34.5 Å². The Morgan fingerprint density at radius 3 is 2.77 bits per heavy atom. The number of halogens is 2. The number of hydrogen-bond acceptors (Lipinski definition) is 8. The monoisotopic (exact) mass is 587 g/mol. The highest BCUT2D eigenvalue weighted by atomic mass is 19.1. The number of fused-ring (bicyclic) bond motifs is 2. The number of rotatable bonds is 7. The zero-order valence-electron chi connectivity index (χ0n) is 24.0. The van der Waals surface area contributed by atoms with Gasteiger partial charge in [-0.25, -0.2) is 15.4 Å². The van der Waals surface area contributed by atoms with E-state index in [4.69, 9.17) is 16.3 Å². The molecule has 0 radical (unpaired) electrons. The minimum Gasteiger partial charge on any atom is -0.462 e. The second-order valence-electron chi connectivity index (χ2n) is 11.0. The van der Waals surface area contributed by atoms with Crippen molar-refractivity contribution in [3.63, 3.8) is 0 Å². The highest BCUT2D eigenvalue weighted by Crippen LogP contribution is 2.35. The SMILES string of the molecule is [C-]#[N+]C[C@H]1CN(c2nc(OC[C@@H]3CCCN3C)nc3c(F)c(-c4cccc5cnn(C)c45)ncc23)CCN1C(=O)C(=C)F. The van der Waals surface area contributed by atoms with Gasteiger partial charge in [-0.05, 0) is 26.4 Å². The van der Waals surface area contributed by atoms with E-state index in [9.17, 15) is 9.18 Å². The summed E-state index contributed by atoms with van der Waals surface area (Å²) in [5.74, 6) is -2.17. The number of piperazine rings is 1. The number of hydrogen-bond donors (Lipinski definition) is 0. The van der Waals surface area contributed by atoms with Crippen LogP contribution in [0.3, 0.4) is 0 Å². The summed E-state index contributed by atoms with van der Waals surface area (Å²) in [6.45, 7) is 12.4. The third-order valence-corrected chi connectivity index (χ3v) is 8.31. The molecule has 1 amide bonds. The van der Waals surface area contributed by atoms with Crippen molar-refractivity contribution in [2.45, 2.75) is 24.9 Å². The maximum absolute atomic E-state index is 16.5. The molecule has 0 N–H and O–H groups in total. The van der Waals surface area contributed by atoms with Crippen molar-refractivity contribution in [2.24, 2.45) is 7.05 Å². The van der Waals surface area contributed by atoms with E-state index in [0.29, 0.717) is 23.4 Å². The number of amides is 1. The molecule has 5 heterocycles. The van der Waals surface area contributed by atoms with Crippen molar-refractivity contribution >= 4 is 33.5 Å². The van der Waals surface area contributed by atoms with Crippen molar-refractivity contribution in [2.75, 3.05) is 51.3 Å². The van der Waals surface area contributed by atoms with E-state index >= 15 is 4.39 Å². The van der Waals surface area contributed by atoms with Crippen LogP contribution in [-0.2, 0) is 11.8 Å². The first-order chi connectivity index (χ1) is 20.8. The Balaban J connectivity index is 1.44. The lowest BCUT2D eigenvalue weighted by atomic mass is 10.1. The highest BCUT2D eigenvalue weighted by Gasteiger charge is 2.35. The van der Waals surface area contributed by atoms with E-state index < -0.39 is 23.6 Å². The Morgan fingerprint density at radius 1 is 1.19 bits per heavy atom. The largest absolute Gasteiger partial charge is 0.462 e. The number of likely N-dealkylation sites (N-methyl/N-ethyl adjacent to an activating group) is 1. The van der Waals surface area contributed by atoms with Crippen LogP contribution in [-0.4, -0.2) is 98.9 Å². The number of para-hydroxylation sites is 1. The smallest absolute Gasteiger partial charge is 0.319 e. The predicted molar refractivity (Wildman–Crippen MR) is 158 cm³/mol. The summed E-state index contributed by atoms with van der Waals surface area (Å²) < 4.78 is 38.0. The second kappa shape index (κ2) is 11.5. The number of pyridine rings is 1. The Labute approximate surface area is 247 Å². The molecule has 2 fully saturated rings. The van der Waals surface area contributed by atoms with Gasteiger partial charge >= 0.3 is 6.01 Å². The molecule has 0 unspecified atom stereocenters. The predicted octanol–water partition coefficient (Wildman–Crippen LogP) is 3.61. The fraction of sp³-hybridized carbons (Fsp3) is 0.400. The van der Waals surface area contributed by atoms with Gasteiger partial charge in [0, 0.05) is 49.9 Å². The number of aromatic nitrogens is 5. The van der Waals surface area contributed by atoms with Crippen molar-refractivity contribution in [1.29, 1.82) is 0 Å². The standard InChI is InChI=1S/C30H31F2N9O2/c1-18(31)29(42)41-12-11-40(16-21(41)14-33-2)28-23-15-34-25(22-9-5-7-19-13-35-39(4)27(19)22)24(32)26(23)36-30(37-28)43-17-20-8-6-10-38(20)3/h5,7,9,13,15,20-21H,1,6,8,10-12,14,16-17H2,3-4H3/t20-,21-/m0/s1. The molecule has 1 aromatic carbocycles. The number of ether oxygens (including phenoxy) is 1. The molecule has 6 rings (SSSR count). The maximum atomic E-state index is 16.5. The molecule has 2 saturated heterocycles. The molecule has 0 aliphatic carbocycles. The van der Waals surface area contributed by atoms with E-state index in [-0.39, 0.29) is 49.4 Å². The molecular formula is C30H31F2N9O2. The highest BCUT2D eigenvalue weighted by molar-refractivity contribution is 5.97. The summed E-state index contributed by atoms with van der Waals surface area (Å²) in [4.78, 5) is 35.0. The van der Waals surface area contributed by atoms with Gasteiger partial charge in [-0.2, -0.15) is 15.1 Å². The van der Waals surface area contributed by atoms with Crippen LogP contribution in [0.4, 0.5) is 14.6 Å². The lowest BCUT2D eigenvalue weighted by Crippen LogP contribution is -2.56. The number of carbonyl (C=O) groups is 1. The number of nitrogens with zero attached hydrogens (tertiary/aromatic N) is 9. The van der Waals surface area contributed by atoms with Crippen LogP contribution in [0, 0.1) is 12.4 Å². The van der Waals surface area contributed by atoms with Crippen molar-refractivity contribution in [3.05, 3.63) is 60.2 Å². The molecule has 2 aliphatic heterocycles. The van der Waals surface area contributed by atoms with Gasteiger partial charge in [0.1, 0.15) is 29.7 Å². The van der Waals surface area contributed by atoms with Gasteiger partial charge in [0.15, 0.2) is 11.6 Å². The second-order valence-corrected chi connectivity index (χ2v) is 11.0. The van der Waals surface area contributed by atoms with Gasteiger partial charge in [0.25, 0.3) is 5.91 Å². The number of anilines is 1. The Hall–Kier alpha value is -4.70.